The number of Topliss-reactive ketones (excluding diaryl/α,β-unsaturated/α-hetero) is 2. The monoisotopic (exact) mass is 406 g/mol. The first kappa shape index (κ1) is 25.5. The number of hydrogen-bond donors (Lipinski definition) is 2. The maximum absolute atomic E-state index is 13.7. The number of allylic oxidation sites excluding steroid dienone is 3. The highest BCUT2D eigenvalue weighted by molar-refractivity contribution is 6.24. The summed E-state index contributed by atoms with van der Waals surface area (Å²) >= 11 is 0. The van der Waals surface area contributed by atoms with Gasteiger partial charge in [0.2, 0.25) is 0 Å². The van der Waals surface area contributed by atoms with Gasteiger partial charge in [0.05, 0.1) is 5.41 Å². The molecule has 0 heterocycles. The van der Waals surface area contributed by atoms with Gasteiger partial charge in [0.25, 0.3) is 0 Å². The molecule has 0 fully saturated rings. The SMILES string of the molecule is CCCC(=O)C1=C(O)C(CCC(C)C)=C(O)C(CCC(C)C)(CCC(C)C)C1=O. The highest BCUT2D eigenvalue weighted by atomic mass is 16.3. The summed E-state index contributed by atoms with van der Waals surface area (Å²) in [4.78, 5) is 26.5. The van der Waals surface area contributed by atoms with Crippen LogP contribution in [0, 0.1) is 23.2 Å². The number of carbonyl (C=O) groups excluding carboxylic acids is 2. The Morgan fingerprint density at radius 3 is 1.79 bits per heavy atom. The highest BCUT2D eigenvalue weighted by Gasteiger charge is 2.50. The Bertz CT molecular complexity index is 638. The summed E-state index contributed by atoms with van der Waals surface area (Å²) in [6.45, 7) is 14.4. The Morgan fingerprint density at radius 2 is 1.38 bits per heavy atom. The van der Waals surface area contributed by atoms with E-state index in [4.69, 9.17) is 0 Å². The lowest BCUT2D eigenvalue weighted by atomic mass is 9.64. The van der Waals surface area contributed by atoms with Crippen molar-refractivity contribution in [3.63, 3.8) is 0 Å². The largest absolute Gasteiger partial charge is 0.511 e. The molecule has 0 atom stereocenters. The van der Waals surface area contributed by atoms with E-state index in [-0.39, 0.29) is 35.1 Å². The molecule has 0 spiro atoms. The van der Waals surface area contributed by atoms with Crippen molar-refractivity contribution in [1.29, 1.82) is 0 Å². The van der Waals surface area contributed by atoms with Crippen LogP contribution in [-0.4, -0.2) is 21.8 Å². The molecule has 2 N–H and O–H groups in total. The predicted molar refractivity (Wildman–Crippen MR) is 119 cm³/mol. The van der Waals surface area contributed by atoms with Crippen LogP contribution in [0.2, 0.25) is 0 Å². The minimum absolute atomic E-state index is 0.00926. The second-order valence-electron chi connectivity index (χ2n) is 9.93. The maximum Gasteiger partial charge on any atom is 0.183 e. The molecule has 0 aromatic heterocycles. The first-order valence-electron chi connectivity index (χ1n) is 11.4. The number of ketones is 2. The van der Waals surface area contributed by atoms with Crippen molar-refractivity contribution in [2.75, 3.05) is 0 Å². The average Bonchev–Trinajstić information content (AvgIpc) is 2.61. The Labute approximate surface area is 177 Å². The molecular weight excluding hydrogens is 364 g/mol. The van der Waals surface area contributed by atoms with Gasteiger partial charge in [0.1, 0.15) is 17.1 Å². The number of aliphatic hydroxyl groups is 2. The molecule has 0 bridgehead atoms. The molecule has 1 aliphatic rings. The van der Waals surface area contributed by atoms with E-state index < -0.39 is 5.41 Å². The van der Waals surface area contributed by atoms with Crippen LogP contribution in [-0.2, 0) is 9.59 Å². The fourth-order valence-corrected chi connectivity index (χ4v) is 3.95. The zero-order chi connectivity index (χ0) is 22.4. The van der Waals surface area contributed by atoms with E-state index in [0.717, 1.165) is 19.3 Å². The zero-order valence-corrected chi connectivity index (χ0v) is 19.6. The third-order valence-corrected chi connectivity index (χ3v) is 5.95. The molecule has 4 heteroatoms. The molecule has 29 heavy (non-hydrogen) atoms. The molecule has 166 valence electrons. The van der Waals surface area contributed by atoms with E-state index in [1.807, 2.05) is 6.92 Å². The Kier molecular flexibility index (Phi) is 9.64. The van der Waals surface area contributed by atoms with Crippen LogP contribution in [0.15, 0.2) is 22.7 Å². The molecule has 0 aromatic carbocycles. The Morgan fingerprint density at radius 1 is 0.897 bits per heavy atom. The molecule has 0 aromatic rings. The van der Waals surface area contributed by atoms with Gasteiger partial charge in [-0.25, -0.2) is 0 Å². The van der Waals surface area contributed by atoms with Gasteiger partial charge in [-0.1, -0.05) is 48.5 Å². The molecule has 0 saturated heterocycles. The van der Waals surface area contributed by atoms with Gasteiger partial charge in [-0.3, -0.25) is 9.59 Å². The van der Waals surface area contributed by atoms with Crippen LogP contribution < -0.4 is 0 Å². The summed E-state index contributed by atoms with van der Waals surface area (Å²) in [5, 5.41) is 22.2. The number of carbonyl (C=O) groups is 2. The number of aliphatic hydroxyl groups excluding tert-OH is 2. The van der Waals surface area contributed by atoms with Gasteiger partial charge in [-0.15, -0.1) is 0 Å². The molecule has 0 saturated carbocycles. The van der Waals surface area contributed by atoms with Gasteiger partial charge in [-0.05, 0) is 62.7 Å². The minimum Gasteiger partial charge on any atom is -0.511 e. The van der Waals surface area contributed by atoms with E-state index in [1.165, 1.54) is 0 Å². The van der Waals surface area contributed by atoms with Crippen LogP contribution >= 0.6 is 0 Å². The third-order valence-electron chi connectivity index (χ3n) is 5.95. The molecule has 0 radical (unpaired) electrons. The number of hydrogen-bond acceptors (Lipinski definition) is 4. The van der Waals surface area contributed by atoms with Gasteiger partial charge >= 0.3 is 0 Å². The quantitative estimate of drug-likeness (QED) is 0.347. The lowest BCUT2D eigenvalue weighted by molar-refractivity contribution is -0.129. The van der Waals surface area contributed by atoms with Gasteiger partial charge in [0.15, 0.2) is 11.6 Å². The lowest BCUT2D eigenvalue weighted by Gasteiger charge is -2.38. The summed E-state index contributed by atoms with van der Waals surface area (Å²) in [6, 6.07) is 0. The Hall–Kier alpha value is -1.58. The lowest BCUT2D eigenvalue weighted by Crippen LogP contribution is -2.41. The smallest absolute Gasteiger partial charge is 0.183 e. The second-order valence-corrected chi connectivity index (χ2v) is 9.93. The van der Waals surface area contributed by atoms with E-state index in [9.17, 15) is 19.8 Å². The summed E-state index contributed by atoms with van der Waals surface area (Å²) in [5.74, 6) is 0.186. The number of rotatable bonds is 12. The predicted octanol–water partition coefficient (Wildman–Crippen LogP) is 6.86. The molecule has 1 rings (SSSR count). The van der Waals surface area contributed by atoms with Crippen molar-refractivity contribution >= 4 is 11.6 Å². The third kappa shape index (κ3) is 6.20. The summed E-state index contributed by atoms with van der Waals surface area (Å²) in [5.41, 5.74) is -0.757. The van der Waals surface area contributed by atoms with Crippen molar-refractivity contribution in [2.45, 2.75) is 99.8 Å². The summed E-state index contributed by atoms with van der Waals surface area (Å²) < 4.78 is 0. The van der Waals surface area contributed by atoms with Crippen molar-refractivity contribution in [2.24, 2.45) is 23.2 Å². The molecule has 0 aliphatic heterocycles. The fraction of sp³-hybridized carbons (Fsp3) is 0.760. The topological polar surface area (TPSA) is 74.6 Å². The van der Waals surface area contributed by atoms with Crippen molar-refractivity contribution in [3.05, 3.63) is 22.7 Å². The van der Waals surface area contributed by atoms with E-state index in [0.29, 0.717) is 49.0 Å². The Balaban J connectivity index is 3.60. The van der Waals surface area contributed by atoms with E-state index in [1.54, 1.807) is 0 Å². The average molecular weight is 407 g/mol. The van der Waals surface area contributed by atoms with Gasteiger partial charge in [0, 0.05) is 12.0 Å². The van der Waals surface area contributed by atoms with Gasteiger partial charge < -0.3 is 10.2 Å². The van der Waals surface area contributed by atoms with Gasteiger partial charge in [-0.2, -0.15) is 0 Å². The van der Waals surface area contributed by atoms with E-state index >= 15 is 0 Å². The van der Waals surface area contributed by atoms with E-state index in [2.05, 4.69) is 41.5 Å². The van der Waals surface area contributed by atoms with Crippen LogP contribution in [0.4, 0.5) is 0 Å². The maximum atomic E-state index is 13.7. The molecule has 4 nitrogen and oxygen atoms in total. The summed E-state index contributed by atoms with van der Waals surface area (Å²) in [6.07, 6.45) is 4.65. The molecule has 1 aliphatic carbocycles. The van der Waals surface area contributed by atoms with Crippen molar-refractivity contribution < 1.29 is 19.8 Å². The second kappa shape index (κ2) is 11.0. The fourth-order valence-electron chi connectivity index (χ4n) is 3.95. The first-order valence-corrected chi connectivity index (χ1v) is 11.4. The van der Waals surface area contributed by atoms with Crippen LogP contribution in [0.3, 0.4) is 0 Å². The molecular formula is C25H42O4. The normalized spacial score (nSPS) is 17.2. The van der Waals surface area contributed by atoms with Crippen molar-refractivity contribution in [3.8, 4) is 0 Å². The minimum atomic E-state index is -1.09. The van der Waals surface area contributed by atoms with Crippen LogP contribution in [0.25, 0.3) is 0 Å². The first-order chi connectivity index (χ1) is 13.5. The molecule has 0 unspecified atom stereocenters. The highest BCUT2D eigenvalue weighted by Crippen LogP contribution is 2.48. The zero-order valence-electron chi connectivity index (χ0n) is 19.6. The van der Waals surface area contributed by atoms with Crippen LogP contribution in [0.5, 0.6) is 0 Å². The molecule has 0 amide bonds. The summed E-state index contributed by atoms with van der Waals surface area (Å²) in [7, 11) is 0. The standard InChI is InChI=1S/C25H42O4/c1-8-9-20(26)21-22(27)19(11-10-16(2)3)23(28)25(24(21)29,14-12-17(4)5)15-13-18(6)7/h16-18,27-28H,8-15H2,1-7H3. The van der Waals surface area contributed by atoms with Crippen molar-refractivity contribution in [1.82, 2.24) is 0 Å². The van der Waals surface area contributed by atoms with Crippen LogP contribution in [0.1, 0.15) is 99.8 Å².